The third kappa shape index (κ3) is 2.93. The Morgan fingerprint density at radius 1 is 1.24 bits per heavy atom. The van der Waals surface area contributed by atoms with E-state index in [4.69, 9.17) is 5.73 Å². The zero-order valence-electron chi connectivity index (χ0n) is 12.4. The van der Waals surface area contributed by atoms with Crippen molar-refractivity contribution in [3.63, 3.8) is 0 Å². The van der Waals surface area contributed by atoms with Gasteiger partial charge in [0, 0.05) is 5.69 Å². The maximum atomic E-state index is 11.8. The summed E-state index contributed by atoms with van der Waals surface area (Å²) in [6.45, 7) is 4.10. The largest absolute Gasteiger partial charge is 0.398 e. The maximum Gasteiger partial charge on any atom is 0.242 e. The van der Waals surface area contributed by atoms with Crippen molar-refractivity contribution >= 4 is 15.7 Å². The first-order valence-electron chi connectivity index (χ1n) is 6.84. The predicted octanol–water partition coefficient (Wildman–Crippen LogP) is 1.49. The number of aromatic nitrogens is 2. The summed E-state index contributed by atoms with van der Waals surface area (Å²) in [7, 11) is -2.19. The highest BCUT2D eigenvalue weighted by Gasteiger charge is 2.16. The molecule has 0 aliphatic rings. The number of rotatable bonds is 5. The Kier molecular flexibility index (Phi) is 4.34. The van der Waals surface area contributed by atoms with Crippen LogP contribution < -0.4 is 10.5 Å². The van der Waals surface area contributed by atoms with Crippen molar-refractivity contribution in [1.82, 2.24) is 14.5 Å². The van der Waals surface area contributed by atoms with Gasteiger partial charge >= 0.3 is 0 Å². The molecular formula is C14H20N4O2S. The van der Waals surface area contributed by atoms with Crippen LogP contribution in [0.15, 0.2) is 29.2 Å². The van der Waals surface area contributed by atoms with Gasteiger partial charge in [-0.15, -0.1) is 0 Å². The smallest absolute Gasteiger partial charge is 0.242 e. The zero-order chi connectivity index (χ0) is 15.6. The Hall–Kier alpha value is -1.86. The van der Waals surface area contributed by atoms with Crippen molar-refractivity contribution in [2.75, 3.05) is 12.8 Å². The van der Waals surface area contributed by atoms with Crippen LogP contribution in [0.25, 0.3) is 5.69 Å². The monoisotopic (exact) mass is 308 g/mol. The topological polar surface area (TPSA) is 90.0 Å². The molecule has 7 heteroatoms. The van der Waals surface area contributed by atoms with E-state index in [1.165, 1.54) is 13.1 Å². The van der Waals surface area contributed by atoms with Crippen LogP contribution >= 0.6 is 0 Å². The number of benzene rings is 1. The molecule has 0 amide bonds. The molecule has 0 saturated carbocycles. The summed E-state index contributed by atoms with van der Waals surface area (Å²) in [5.41, 5.74) is 8.92. The Morgan fingerprint density at radius 2 is 1.95 bits per heavy atom. The number of nitrogens with two attached hydrogens (primary N) is 1. The molecule has 0 aliphatic carbocycles. The number of aryl methyl sites for hydroxylation is 2. The third-order valence-electron chi connectivity index (χ3n) is 3.35. The maximum absolute atomic E-state index is 11.8. The SMILES string of the molecule is CCc1cc(CC)n(-c2ccc(S(=O)(=O)NC)c(N)c2)n1. The molecule has 2 rings (SSSR count). The molecule has 0 bridgehead atoms. The van der Waals surface area contributed by atoms with Crippen molar-refractivity contribution in [2.24, 2.45) is 0 Å². The molecule has 6 nitrogen and oxygen atoms in total. The van der Waals surface area contributed by atoms with E-state index in [2.05, 4.69) is 22.8 Å². The van der Waals surface area contributed by atoms with E-state index < -0.39 is 10.0 Å². The van der Waals surface area contributed by atoms with Crippen molar-refractivity contribution < 1.29 is 8.42 Å². The summed E-state index contributed by atoms with van der Waals surface area (Å²) >= 11 is 0. The van der Waals surface area contributed by atoms with Crippen molar-refractivity contribution in [3.8, 4) is 5.69 Å². The molecule has 0 aliphatic heterocycles. The van der Waals surface area contributed by atoms with Gasteiger partial charge in [0.1, 0.15) is 4.90 Å². The first-order chi connectivity index (χ1) is 9.92. The van der Waals surface area contributed by atoms with E-state index in [1.54, 1.807) is 12.1 Å². The van der Waals surface area contributed by atoms with Crippen LogP contribution in [0, 0.1) is 0 Å². The van der Waals surface area contributed by atoms with E-state index in [1.807, 2.05) is 11.6 Å². The average molecular weight is 308 g/mol. The van der Waals surface area contributed by atoms with E-state index in [-0.39, 0.29) is 10.6 Å². The van der Waals surface area contributed by atoms with Gasteiger partial charge in [-0.2, -0.15) is 5.10 Å². The Balaban J connectivity index is 2.53. The lowest BCUT2D eigenvalue weighted by Gasteiger charge is -2.10. The van der Waals surface area contributed by atoms with Gasteiger partial charge in [-0.25, -0.2) is 17.8 Å². The quantitative estimate of drug-likeness (QED) is 0.819. The molecule has 0 spiro atoms. The molecular weight excluding hydrogens is 288 g/mol. The molecule has 1 heterocycles. The van der Waals surface area contributed by atoms with Crippen LogP contribution in [-0.4, -0.2) is 25.2 Å². The van der Waals surface area contributed by atoms with Gasteiger partial charge in [-0.3, -0.25) is 0 Å². The number of nitrogens with zero attached hydrogens (tertiary/aromatic N) is 2. The van der Waals surface area contributed by atoms with E-state index in [9.17, 15) is 8.42 Å². The number of hydrogen-bond acceptors (Lipinski definition) is 4. The lowest BCUT2D eigenvalue weighted by atomic mass is 10.2. The molecule has 0 fully saturated rings. The van der Waals surface area contributed by atoms with Crippen LogP contribution in [0.1, 0.15) is 25.2 Å². The van der Waals surface area contributed by atoms with E-state index >= 15 is 0 Å². The molecule has 1 aromatic heterocycles. The fourth-order valence-electron chi connectivity index (χ4n) is 2.15. The zero-order valence-corrected chi connectivity index (χ0v) is 13.2. The van der Waals surface area contributed by atoms with E-state index in [0.717, 1.165) is 29.9 Å². The van der Waals surface area contributed by atoms with Gasteiger partial charge in [0.25, 0.3) is 0 Å². The van der Waals surface area contributed by atoms with Crippen LogP contribution in [0.4, 0.5) is 5.69 Å². The third-order valence-corrected chi connectivity index (χ3v) is 4.84. The molecule has 114 valence electrons. The Labute approximate surface area is 125 Å². The molecule has 0 atom stereocenters. The van der Waals surface area contributed by atoms with Crippen molar-refractivity contribution in [3.05, 3.63) is 35.7 Å². The molecule has 21 heavy (non-hydrogen) atoms. The molecule has 2 aromatic rings. The summed E-state index contributed by atoms with van der Waals surface area (Å²) in [5, 5.41) is 4.52. The summed E-state index contributed by atoms with van der Waals surface area (Å²) in [6, 6.07) is 6.90. The highest BCUT2D eigenvalue weighted by atomic mass is 32.2. The normalized spacial score (nSPS) is 11.8. The second-order valence-corrected chi connectivity index (χ2v) is 6.53. The molecule has 0 radical (unpaired) electrons. The number of sulfonamides is 1. The lowest BCUT2D eigenvalue weighted by molar-refractivity contribution is 0.588. The summed E-state index contributed by atoms with van der Waals surface area (Å²) < 4.78 is 27.7. The van der Waals surface area contributed by atoms with Gasteiger partial charge in [-0.1, -0.05) is 13.8 Å². The van der Waals surface area contributed by atoms with Gasteiger partial charge in [0.05, 0.1) is 17.1 Å². The van der Waals surface area contributed by atoms with Gasteiger partial charge in [0.15, 0.2) is 0 Å². The van der Waals surface area contributed by atoms with Crippen molar-refractivity contribution in [2.45, 2.75) is 31.6 Å². The minimum absolute atomic E-state index is 0.0784. The molecule has 3 N–H and O–H groups in total. The Bertz CT molecular complexity index is 750. The first-order valence-corrected chi connectivity index (χ1v) is 8.32. The molecule has 1 aromatic carbocycles. The van der Waals surface area contributed by atoms with Crippen LogP contribution in [-0.2, 0) is 22.9 Å². The fraction of sp³-hybridized carbons (Fsp3) is 0.357. The standard InChI is InChI=1S/C14H20N4O2S/c1-4-10-8-11(5-2)18(17-10)12-6-7-14(13(15)9-12)21(19,20)16-3/h6-9,16H,4-5,15H2,1-3H3. The van der Waals surface area contributed by atoms with Crippen LogP contribution in [0.3, 0.4) is 0 Å². The highest BCUT2D eigenvalue weighted by Crippen LogP contribution is 2.23. The minimum atomic E-state index is -3.55. The van der Waals surface area contributed by atoms with Crippen molar-refractivity contribution in [1.29, 1.82) is 0 Å². The second kappa shape index (κ2) is 5.87. The summed E-state index contributed by atoms with van der Waals surface area (Å²) in [4.78, 5) is 0.0784. The number of anilines is 1. The van der Waals surface area contributed by atoms with E-state index in [0.29, 0.717) is 0 Å². The van der Waals surface area contributed by atoms with Gasteiger partial charge in [-0.05, 0) is 44.2 Å². The van der Waals surface area contributed by atoms with Gasteiger partial charge < -0.3 is 5.73 Å². The van der Waals surface area contributed by atoms with Crippen LogP contribution in [0.2, 0.25) is 0 Å². The molecule has 0 saturated heterocycles. The fourth-order valence-corrected chi connectivity index (χ4v) is 2.98. The minimum Gasteiger partial charge on any atom is -0.398 e. The summed E-state index contributed by atoms with van der Waals surface area (Å²) in [6.07, 6.45) is 1.69. The second-order valence-electron chi connectivity index (χ2n) is 4.68. The lowest BCUT2D eigenvalue weighted by Crippen LogP contribution is -2.20. The van der Waals surface area contributed by atoms with Gasteiger partial charge in [0.2, 0.25) is 10.0 Å². The highest BCUT2D eigenvalue weighted by molar-refractivity contribution is 7.89. The average Bonchev–Trinajstić information content (AvgIpc) is 2.90. The number of nitrogens with one attached hydrogen (secondary N) is 1. The Morgan fingerprint density at radius 3 is 2.48 bits per heavy atom. The summed E-state index contributed by atoms with van der Waals surface area (Å²) in [5.74, 6) is 0. The molecule has 0 unspecified atom stereocenters. The number of nitrogen functional groups attached to an aromatic ring is 1. The number of hydrogen-bond donors (Lipinski definition) is 2. The van der Waals surface area contributed by atoms with Crippen LogP contribution in [0.5, 0.6) is 0 Å². The predicted molar refractivity (Wildman–Crippen MR) is 83.0 cm³/mol. The first kappa shape index (κ1) is 15.5.